The molecule has 13 aromatic carbocycles. The number of benzene rings is 13. The fraction of sp³-hybridized carbons (Fsp3) is 0.619. The van der Waals surface area contributed by atoms with Crippen molar-refractivity contribution in [3.05, 3.63) is 106 Å². The van der Waals surface area contributed by atoms with Gasteiger partial charge >= 0.3 is 5.97 Å². The summed E-state index contributed by atoms with van der Waals surface area (Å²) in [7, 11) is 0. The summed E-state index contributed by atoms with van der Waals surface area (Å²) >= 11 is 0. The van der Waals surface area contributed by atoms with Gasteiger partial charge in [0.15, 0.2) is 0 Å². The number of aryl methyl sites for hydroxylation is 6. The maximum atomic E-state index is 10.9. The van der Waals surface area contributed by atoms with Crippen LogP contribution in [0.3, 0.4) is 0 Å². The highest BCUT2D eigenvalue weighted by atomic mass is 16.4. The first-order valence-electron chi connectivity index (χ1n) is 49.1. The molecule has 0 saturated heterocycles. The summed E-state index contributed by atoms with van der Waals surface area (Å²) in [6.45, 7) is 36.9. The first-order valence-corrected chi connectivity index (χ1v) is 49.1. The Bertz CT molecular complexity index is 4870. The third-order valence-corrected chi connectivity index (χ3v) is 29.1. The number of hydrogen-bond acceptors (Lipinski definition) is 1. The number of carbonyl (C=O) groups is 1. The number of hydrogen-bond donors (Lipinski definition) is 1. The van der Waals surface area contributed by atoms with Gasteiger partial charge in [-0.25, -0.2) is 0 Å². The Kier molecular flexibility index (Phi) is 30.8. The van der Waals surface area contributed by atoms with Crippen molar-refractivity contribution in [2.75, 3.05) is 0 Å². The molecule has 622 valence electrons. The summed E-state index contributed by atoms with van der Waals surface area (Å²) in [5.74, 6) is 6.54. The Labute approximate surface area is 698 Å². The maximum Gasteiger partial charge on any atom is 0.303 e. The molecule has 115 heavy (non-hydrogen) atoms. The lowest BCUT2D eigenvalue weighted by Gasteiger charge is -2.30. The Hall–Kier alpha value is -5.99. The first kappa shape index (κ1) is 86.8. The molecule has 2 heteroatoms. The number of rotatable bonds is 56. The molecule has 0 aliphatic heterocycles. The predicted molar refractivity (Wildman–Crippen MR) is 514 cm³/mol. The number of aliphatic carboxylic acids is 1. The lowest BCUT2D eigenvalue weighted by atomic mass is 9.72. The van der Waals surface area contributed by atoms with Gasteiger partial charge in [-0.15, -0.1) is 0 Å². The third-order valence-electron chi connectivity index (χ3n) is 29.1. The largest absolute Gasteiger partial charge is 0.481 e. The van der Waals surface area contributed by atoms with Crippen molar-refractivity contribution in [1.29, 1.82) is 0 Å². The van der Waals surface area contributed by atoms with Crippen molar-refractivity contribution in [3.8, 4) is 0 Å². The minimum Gasteiger partial charge on any atom is -0.481 e. The highest BCUT2D eigenvalue weighted by Crippen LogP contribution is 2.61. The molecule has 0 bridgehead atoms. The highest BCUT2D eigenvalue weighted by Gasteiger charge is 2.34. The van der Waals surface area contributed by atoms with Gasteiger partial charge in [0, 0.05) is 6.42 Å². The predicted octanol–water partition coefficient (Wildman–Crippen LogP) is 36.2. The number of fused-ring (bicyclic) bond motifs is 6. The molecule has 0 amide bonds. The third kappa shape index (κ3) is 21.1. The van der Waals surface area contributed by atoms with Crippen molar-refractivity contribution in [2.24, 2.45) is 59.2 Å². The van der Waals surface area contributed by atoms with Crippen LogP contribution in [0.25, 0.3) is 129 Å². The van der Waals surface area contributed by atoms with E-state index in [0.29, 0.717) is 36.0 Å². The Balaban J connectivity index is 0.986. The van der Waals surface area contributed by atoms with Gasteiger partial charge in [0.2, 0.25) is 0 Å². The van der Waals surface area contributed by atoms with Gasteiger partial charge < -0.3 is 5.11 Å². The van der Waals surface area contributed by atoms with Gasteiger partial charge in [0.25, 0.3) is 0 Å². The van der Waals surface area contributed by atoms with Crippen molar-refractivity contribution >= 4 is 135 Å². The van der Waals surface area contributed by atoms with E-state index in [1.54, 1.807) is 98.0 Å². The zero-order valence-electron chi connectivity index (χ0n) is 75.9. The second kappa shape index (κ2) is 40.8. The molecule has 0 fully saturated rings. The molecule has 0 aliphatic carbocycles. The Morgan fingerprint density at radius 1 is 0.191 bits per heavy atom. The molecule has 13 rings (SSSR count). The van der Waals surface area contributed by atoms with E-state index in [1.165, 1.54) is 296 Å². The second-order valence-electron chi connectivity index (χ2n) is 41.7. The van der Waals surface area contributed by atoms with Gasteiger partial charge in [-0.05, 0) is 305 Å². The summed E-state index contributed by atoms with van der Waals surface area (Å²) < 4.78 is 0. The van der Waals surface area contributed by atoms with Crippen LogP contribution >= 0.6 is 0 Å². The molecule has 0 aliphatic rings. The van der Waals surface area contributed by atoms with E-state index in [2.05, 4.69) is 177 Å². The van der Waals surface area contributed by atoms with Gasteiger partial charge in [0.1, 0.15) is 0 Å². The topological polar surface area (TPSA) is 37.3 Å². The first-order chi connectivity index (χ1) is 55.6. The lowest BCUT2D eigenvalue weighted by Crippen LogP contribution is -2.04. The van der Waals surface area contributed by atoms with Gasteiger partial charge in [-0.2, -0.15) is 0 Å². The number of carboxylic acids is 1. The SMILES string of the molecule is CC(C)CCCC(C)CCc1cc2c3cc(CCCCCCCCCCCCCCCCCCCCC(=O)O)cc4c5cc(CCC(C)CCCC(C)C)cc6c7cc(CCC(C)CCCC(C)C)cc8c9cc(CCC(C)CCCC(C)C)cc%10c%11cc(CCC(C)CCCC(C)C)cc%12c(c1)c2c1c(c34)c(c56)c(c78)c(c%109)c1c%12%11. The van der Waals surface area contributed by atoms with Crippen LogP contribution in [-0.2, 0) is 43.3 Å². The van der Waals surface area contributed by atoms with E-state index in [4.69, 9.17) is 5.11 Å². The van der Waals surface area contributed by atoms with E-state index in [9.17, 15) is 4.79 Å². The van der Waals surface area contributed by atoms with E-state index in [1.807, 2.05) is 0 Å². The summed E-state index contributed by atoms with van der Waals surface area (Å²) in [5.41, 5.74) is 9.28. The van der Waals surface area contributed by atoms with Crippen LogP contribution in [0.4, 0.5) is 0 Å². The van der Waals surface area contributed by atoms with Crippen molar-refractivity contribution in [1.82, 2.24) is 0 Å². The zero-order valence-corrected chi connectivity index (χ0v) is 75.9. The summed E-state index contributed by atoms with van der Waals surface area (Å²) in [6, 6.07) is 33.5. The lowest BCUT2D eigenvalue weighted by molar-refractivity contribution is -0.137. The molecular formula is C113H158O2. The van der Waals surface area contributed by atoms with E-state index < -0.39 is 5.97 Å². The van der Waals surface area contributed by atoms with Crippen LogP contribution < -0.4 is 0 Å². The van der Waals surface area contributed by atoms with E-state index in [0.717, 1.165) is 81.0 Å². The Morgan fingerprint density at radius 2 is 0.348 bits per heavy atom. The van der Waals surface area contributed by atoms with E-state index in [-0.39, 0.29) is 0 Å². The zero-order chi connectivity index (χ0) is 81.0. The van der Waals surface area contributed by atoms with Gasteiger partial charge in [-0.1, -0.05) is 376 Å². The highest BCUT2D eigenvalue weighted by molar-refractivity contribution is 6.61. The summed E-state index contributed by atoms with van der Waals surface area (Å²) in [4.78, 5) is 10.9. The molecule has 0 aromatic heterocycles. The number of unbranched alkanes of at least 4 members (excludes halogenated alkanes) is 17. The monoisotopic (exact) mass is 1550 g/mol. The Morgan fingerprint density at radius 3 is 0.513 bits per heavy atom. The van der Waals surface area contributed by atoms with Crippen LogP contribution in [0.15, 0.2) is 72.8 Å². The van der Waals surface area contributed by atoms with Crippen molar-refractivity contribution in [2.45, 2.75) is 393 Å². The molecule has 13 aromatic rings. The van der Waals surface area contributed by atoms with Crippen LogP contribution in [0, 0.1) is 59.2 Å². The molecule has 0 saturated carbocycles. The smallest absolute Gasteiger partial charge is 0.303 e. The molecule has 5 unspecified atom stereocenters. The average molecular weight is 1550 g/mol. The van der Waals surface area contributed by atoms with E-state index >= 15 is 0 Å². The minimum absolute atomic E-state index is 0.327. The van der Waals surface area contributed by atoms with Gasteiger partial charge in [-0.3, -0.25) is 4.79 Å². The van der Waals surface area contributed by atoms with Crippen LogP contribution in [0.1, 0.15) is 388 Å². The van der Waals surface area contributed by atoms with Crippen molar-refractivity contribution in [3.63, 3.8) is 0 Å². The molecule has 2 nitrogen and oxygen atoms in total. The number of carboxylic acid groups (broad SMARTS) is 1. The molecular weight excluding hydrogens is 1390 g/mol. The van der Waals surface area contributed by atoms with Gasteiger partial charge in [0.05, 0.1) is 0 Å². The second-order valence-corrected chi connectivity index (χ2v) is 41.7. The normalized spacial score (nSPS) is 14.3. The van der Waals surface area contributed by atoms with Crippen LogP contribution in [-0.4, -0.2) is 11.1 Å². The standard InChI is InChI=1S/C113H158O2/c1-73(2)39-34-44-78(11)51-56-84-63-91-89-61-83(49-32-30-28-26-24-22-20-18-16-17-19-21-23-25-27-29-31-33-50-101(114)115)62-90-92-64-85(57-52-79(12)45-35-40-74(3)4)66-94-96-68-87(59-54-81(14)47-37-42-76(7)8)70-98-100-72-88(60-55-82(15)48-38-43-77(9)10)71-99-97-69-86(58-53-80(13)46-36-41-75(5)6)67-95-93(65-84)103(91)109-108(102(89)90)110(104(92)94)112(106(96)98)113(107(99)100)111(109)105(95)97/h61-82H,16-60H2,1-15H3,(H,114,115). The quantitative estimate of drug-likeness (QED) is 0.0234. The molecule has 0 spiro atoms. The van der Waals surface area contributed by atoms with Crippen LogP contribution in [0.2, 0.25) is 0 Å². The molecule has 0 heterocycles. The fourth-order valence-corrected chi connectivity index (χ4v) is 22.1. The van der Waals surface area contributed by atoms with Crippen LogP contribution in [0.5, 0.6) is 0 Å². The van der Waals surface area contributed by atoms with Crippen molar-refractivity contribution < 1.29 is 9.90 Å². The minimum atomic E-state index is -0.653. The summed E-state index contributed by atoms with van der Waals surface area (Å²) in [6.07, 6.45) is 56.3. The molecule has 1 N–H and O–H groups in total. The molecule has 5 atom stereocenters. The average Bonchev–Trinajstić information content (AvgIpc) is 0.642. The maximum absolute atomic E-state index is 10.9. The molecule has 0 radical (unpaired) electrons. The summed E-state index contributed by atoms with van der Waals surface area (Å²) in [5, 5.41) is 46.0. The fourth-order valence-electron chi connectivity index (χ4n) is 22.1.